The van der Waals surface area contributed by atoms with Gasteiger partial charge >= 0.3 is 8.60 Å². The summed E-state index contributed by atoms with van der Waals surface area (Å²) >= 11 is 0. The Morgan fingerprint density at radius 3 is 2.27 bits per heavy atom. The van der Waals surface area contributed by atoms with E-state index in [-0.39, 0.29) is 26.4 Å². The third kappa shape index (κ3) is 3.93. The zero-order valence-electron chi connectivity index (χ0n) is 12.5. The molecule has 9 nitrogen and oxygen atoms in total. The van der Waals surface area contributed by atoms with E-state index in [1.807, 2.05) is 0 Å². The smallest absolute Gasteiger partial charge is 0.330 e. The van der Waals surface area contributed by atoms with Gasteiger partial charge in [0, 0.05) is 0 Å². The van der Waals surface area contributed by atoms with E-state index in [4.69, 9.17) is 23.6 Å². The van der Waals surface area contributed by atoms with Crippen LogP contribution in [0, 0.1) is 0 Å². The Bertz CT molecular complexity index is 378. The molecule has 2 aliphatic heterocycles. The quantitative estimate of drug-likeness (QED) is 0.356. The number of rotatable bonds is 6. The summed E-state index contributed by atoms with van der Waals surface area (Å²) in [6, 6.07) is 0. The molecule has 0 bridgehead atoms. The predicted molar refractivity (Wildman–Crippen MR) is 73.8 cm³/mol. The minimum atomic E-state index is -2.37. The Kier molecular flexibility index (Phi) is 5.77. The fourth-order valence-corrected chi connectivity index (χ4v) is 3.32. The second kappa shape index (κ2) is 6.90. The van der Waals surface area contributed by atoms with Crippen LogP contribution in [0.5, 0.6) is 0 Å². The van der Waals surface area contributed by atoms with Crippen molar-refractivity contribution in [3.05, 3.63) is 0 Å². The Balaban J connectivity index is 1.82. The summed E-state index contributed by atoms with van der Waals surface area (Å²) in [5, 5.41) is 38.8. The molecule has 0 amide bonds. The molecule has 0 spiro atoms. The van der Waals surface area contributed by atoms with E-state index in [1.54, 1.807) is 0 Å². The molecule has 0 aromatic heterocycles. The lowest BCUT2D eigenvalue weighted by molar-refractivity contribution is -0.0512. The molecule has 2 saturated heterocycles. The van der Waals surface area contributed by atoms with Crippen molar-refractivity contribution in [2.75, 3.05) is 26.4 Å². The van der Waals surface area contributed by atoms with Gasteiger partial charge in [0.05, 0.1) is 26.4 Å². The number of hydrogen-bond donors (Lipinski definition) is 5. The highest BCUT2D eigenvalue weighted by molar-refractivity contribution is 7.40. The summed E-state index contributed by atoms with van der Waals surface area (Å²) in [5.74, 6) is 0. The normalized spacial score (nSPS) is 47.0. The second-order valence-electron chi connectivity index (χ2n) is 6.10. The van der Waals surface area contributed by atoms with Crippen LogP contribution >= 0.6 is 8.60 Å². The number of aliphatic hydroxyl groups excluding tert-OH is 2. The van der Waals surface area contributed by atoms with Crippen molar-refractivity contribution in [2.24, 2.45) is 0 Å². The van der Waals surface area contributed by atoms with Gasteiger partial charge in [-0.05, 0) is 13.8 Å². The minimum absolute atomic E-state index is 0.0284. The van der Waals surface area contributed by atoms with Gasteiger partial charge in [-0.3, -0.25) is 0 Å². The van der Waals surface area contributed by atoms with E-state index in [1.165, 1.54) is 13.8 Å². The van der Waals surface area contributed by atoms with Crippen LogP contribution in [0.1, 0.15) is 13.8 Å². The van der Waals surface area contributed by atoms with Gasteiger partial charge in [0.2, 0.25) is 0 Å². The number of hydrogen-bond acceptors (Lipinski definition) is 9. The zero-order valence-corrected chi connectivity index (χ0v) is 13.3. The van der Waals surface area contributed by atoms with Crippen molar-refractivity contribution in [1.29, 1.82) is 0 Å². The van der Waals surface area contributed by atoms with Crippen molar-refractivity contribution in [3.63, 3.8) is 0 Å². The average molecular weight is 342 g/mol. The van der Waals surface area contributed by atoms with E-state index in [9.17, 15) is 20.2 Å². The molecule has 7 atom stereocenters. The van der Waals surface area contributed by atoms with E-state index in [0.717, 1.165) is 0 Å². The summed E-state index contributed by atoms with van der Waals surface area (Å²) in [5.41, 5.74) is -2.72. The summed E-state index contributed by atoms with van der Waals surface area (Å²) in [4.78, 5) is 9.80. The maximum absolute atomic E-state index is 10.1. The molecule has 10 heteroatoms. The Labute approximate surface area is 129 Å². The van der Waals surface area contributed by atoms with Gasteiger partial charge in [-0.2, -0.15) is 0 Å². The molecule has 0 aliphatic carbocycles. The largest absolute Gasteiger partial charge is 0.394 e. The van der Waals surface area contributed by atoms with Crippen LogP contribution in [-0.4, -0.2) is 87.4 Å². The molecule has 5 unspecified atom stereocenters. The Morgan fingerprint density at radius 2 is 1.73 bits per heavy atom. The first kappa shape index (κ1) is 18.4. The predicted octanol–water partition coefficient (Wildman–Crippen LogP) is -1.74. The standard InChI is InChI=1S/C12H23O9P/c1-11(15)5-19-8(9(11)14)4-20-22(17)21-10-7(3-13)18-6-12(10,2)16/h7-10,13-17H,3-6H2,1-2H3/t7-,8-,9?,10?,11?,12?,22?/m1/s1. The lowest BCUT2D eigenvalue weighted by atomic mass is 10.00. The summed E-state index contributed by atoms with van der Waals surface area (Å²) in [6.07, 6.45) is -3.63. The van der Waals surface area contributed by atoms with Gasteiger partial charge in [0.1, 0.15) is 35.6 Å². The second-order valence-corrected chi connectivity index (χ2v) is 7.04. The molecular formula is C12H23O9P. The van der Waals surface area contributed by atoms with Crippen molar-refractivity contribution in [3.8, 4) is 0 Å². The van der Waals surface area contributed by atoms with Gasteiger partial charge in [-0.25, -0.2) is 0 Å². The van der Waals surface area contributed by atoms with Gasteiger partial charge in [0.15, 0.2) is 0 Å². The summed E-state index contributed by atoms with van der Waals surface area (Å²) < 4.78 is 20.7. The molecule has 0 saturated carbocycles. The van der Waals surface area contributed by atoms with Crippen LogP contribution in [0.25, 0.3) is 0 Å². The van der Waals surface area contributed by atoms with E-state index < -0.39 is 44.2 Å². The molecular weight excluding hydrogens is 319 g/mol. The topological polar surface area (TPSA) is 138 Å². The highest BCUT2D eigenvalue weighted by Gasteiger charge is 2.48. The average Bonchev–Trinajstić information content (AvgIpc) is 2.86. The fourth-order valence-electron chi connectivity index (χ4n) is 2.43. The maximum atomic E-state index is 10.1. The van der Waals surface area contributed by atoms with E-state index in [2.05, 4.69) is 0 Å². The molecule has 0 radical (unpaired) electrons. The van der Waals surface area contributed by atoms with Gasteiger partial charge in [0.25, 0.3) is 0 Å². The summed E-state index contributed by atoms with van der Waals surface area (Å²) in [6.45, 7) is 2.30. The van der Waals surface area contributed by atoms with Crippen LogP contribution < -0.4 is 0 Å². The van der Waals surface area contributed by atoms with Crippen molar-refractivity contribution in [2.45, 2.75) is 49.5 Å². The van der Waals surface area contributed by atoms with E-state index >= 15 is 0 Å². The first-order chi connectivity index (χ1) is 10.2. The highest BCUT2D eigenvalue weighted by Crippen LogP contribution is 2.41. The highest BCUT2D eigenvalue weighted by atomic mass is 31.2. The Hall–Kier alpha value is 0.0700. The third-order valence-corrected chi connectivity index (χ3v) is 4.63. The molecule has 2 fully saturated rings. The van der Waals surface area contributed by atoms with Crippen LogP contribution in [0.3, 0.4) is 0 Å². The number of ether oxygens (including phenoxy) is 2. The van der Waals surface area contributed by atoms with Gasteiger partial charge < -0.3 is 43.8 Å². The monoisotopic (exact) mass is 342 g/mol. The SMILES string of the molecule is CC1(O)CO[C@H](COP(O)OC2[C@@H](CO)OCC2(C)O)C1O. The van der Waals surface area contributed by atoms with Crippen LogP contribution in [0.15, 0.2) is 0 Å². The van der Waals surface area contributed by atoms with Gasteiger partial charge in [-0.15, -0.1) is 0 Å². The van der Waals surface area contributed by atoms with Crippen molar-refractivity contribution in [1.82, 2.24) is 0 Å². The third-order valence-electron chi connectivity index (χ3n) is 3.85. The molecule has 0 aromatic carbocycles. The van der Waals surface area contributed by atoms with Crippen LogP contribution in [0.2, 0.25) is 0 Å². The molecule has 2 heterocycles. The first-order valence-corrected chi connectivity index (χ1v) is 8.06. The molecule has 130 valence electrons. The van der Waals surface area contributed by atoms with E-state index in [0.29, 0.717) is 0 Å². The zero-order chi connectivity index (χ0) is 16.5. The lowest BCUT2D eigenvalue weighted by Gasteiger charge is -2.28. The number of aliphatic hydroxyl groups is 4. The molecule has 5 N–H and O–H groups in total. The molecule has 2 rings (SSSR count). The summed E-state index contributed by atoms with van der Waals surface area (Å²) in [7, 11) is -2.37. The van der Waals surface area contributed by atoms with Crippen LogP contribution in [-0.2, 0) is 18.5 Å². The first-order valence-electron chi connectivity index (χ1n) is 6.93. The molecule has 2 aliphatic rings. The molecule has 22 heavy (non-hydrogen) atoms. The van der Waals surface area contributed by atoms with Crippen molar-refractivity contribution < 1.29 is 43.8 Å². The lowest BCUT2D eigenvalue weighted by Crippen LogP contribution is -2.43. The molecule has 0 aromatic rings. The van der Waals surface area contributed by atoms with Crippen molar-refractivity contribution >= 4 is 8.60 Å². The van der Waals surface area contributed by atoms with Gasteiger partial charge in [-0.1, -0.05) is 0 Å². The Morgan fingerprint density at radius 1 is 1.14 bits per heavy atom. The fraction of sp³-hybridized carbons (Fsp3) is 1.00. The minimum Gasteiger partial charge on any atom is -0.394 e. The van der Waals surface area contributed by atoms with Crippen LogP contribution in [0.4, 0.5) is 0 Å². The maximum Gasteiger partial charge on any atom is 0.330 e.